The molecule has 3 aromatic rings. The van der Waals surface area contributed by atoms with Gasteiger partial charge in [0.1, 0.15) is 11.9 Å². The van der Waals surface area contributed by atoms with Crippen molar-refractivity contribution < 1.29 is 9.90 Å². The summed E-state index contributed by atoms with van der Waals surface area (Å²) in [7, 11) is 0. The fourth-order valence-electron chi connectivity index (χ4n) is 2.35. The van der Waals surface area contributed by atoms with Crippen LogP contribution >= 0.6 is 11.8 Å². The summed E-state index contributed by atoms with van der Waals surface area (Å²) in [6.45, 7) is 0. The summed E-state index contributed by atoms with van der Waals surface area (Å²) in [6.07, 6.45) is 4.69. The van der Waals surface area contributed by atoms with Gasteiger partial charge < -0.3 is 5.11 Å². The fourth-order valence-corrected chi connectivity index (χ4v) is 2.97. The molecule has 0 fully saturated rings. The molecule has 1 N–H and O–H groups in total. The quantitative estimate of drug-likeness (QED) is 0.746. The lowest BCUT2D eigenvalue weighted by Crippen LogP contribution is -2.03. The molecule has 0 radical (unpaired) electrons. The topological polar surface area (TPSA) is 63.1 Å². The van der Waals surface area contributed by atoms with E-state index >= 15 is 0 Å². The lowest BCUT2D eigenvalue weighted by Gasteiger charge is -2.12. The minimum Gasteiger partial charge on any atom is -0.478 e. The summed E-state index contributed by atoms with van der Waals surface area (Å²) >= 11 is 1.57. The Morgan fingerprint density at radius 3 is 2.76 bits per heavy atom. The molecule has 0 aliphatic heterocycles. The SMILES string of the molecule is CSc1ccc2ccccc2c1-c1ncncc1C(=O)O. The van der Waals surface area contributed by atoms with Crippen LogP contribution in [0.5, 0.6) is 0 Å². The molecule has 2 aromatic carbocycles. The van der Waals surface area contributed by atoms with Crippen molar-refractivity contribution in [3.8, 4) is 11.3 Å². The highest BCUT2D eigenvalue weighted by Gasteiger charge is 2.18. The molecular weight excluding hydrogens is 284 g/mol. The zero-order chi connectivity index (χ0) is 14.8. The summed E-state index contributed by atoms with van der Waals surface area (Å²) in [6, 6.07) is 11.9. The molecule has 0 unspecified atom stereocenters. The molecule has 1 aromatic heterocycles. The molecule has 0 atom stereocenters. The van der Waals surface area contributed by atoms with Crippen LogP contribution in [-0.2, 0) is 0 Å². The molecule has 104 valence electrons. The van der Waals surface area contributed by atoms with Gasteiger partial charge in [0.15, 0.2) is 0 Å². The Bertz CT molecular complexity index is 833. The maximum Gasteiger partial charge on any atom is 0.339 e. The predicted molar refractivity (Wildman–Crippen MR) is 83.7 cm³/mol. The second-order valence-electron chi connectivity index (χ2n) is 4.45. The van der Waals surface area contributed by atoms with Crippen LogP contribution in [0.1, 0.15) is 10.4 Å². The van der Waals surface area contributed by atoms with Gasteiger partial charge in [0.05, 0.1) is 5.69 Å². The van der Waals surface area contributed by atoms with Gasteiger partial charge >= 0.3 is 5.97 Å². The van der Waals surface area contributed by atoms with Gasteiger partial charge in [-0.05, 0) is 23.1 Å². The van der Waals surface area contributed by atoms with E-state index in [1.807, 2.05) is 42.7 Å². The van der Waals surface area contributed by atoms with Gasteiger partial charge in [0.25, 0.3) is 0 Å². The maximum absolute atomic E-state index is 11.4. The third-order valence-corrected chi connectivity index (χ3v) is 4.07. The van der Waals surface area contributed by atoms with Gasteiger partial charge in [-0.15, -0.1) is 11.8 Å². The maximum atomic E-state index is 11.4. The Hall–Kier alpha value is -2.40. The number of nitrogens with zero attached hydrogens (tertiary/aromatic N) is 2. The van der Waals surface area contributed by atoms with E-state index < -0.39 is 5.97 Å². The molecule has 21 heavy (non-hydrogen) atoms. The number of carboxylic acids is 1. The van der Waals surface area contributed by atoms with Gasteiger partial charge in [-0.2, -0.15) is 0 Å². The number of hydrogen-bond donors (Lipinski definition) is 1. The highest BCUT2D eigenvalue weighted by atomic mass is 32.2. The third-order valence-electron chi connectivity index (χ3n) is 3.29. The molecular formula is C16H12N2O2S. The molecule has 1 heterocycles. The second-order valence-corrected chi connectivity index (χ2v) is 5.30. The number of thioether (sulfide) groups is 1. The van der Waals surface area contributed by atoms with Crippen molar-refractivity contribution in [2.75, 3.05) is 6.26 Å². The summed E-state index contributed by atoms with van der Waals surface area (Å²) in [4.78, 5) is 20.5. The minimum absolute atomic E-state index is 0.115. The van der Waals surface area contributed by atoms with Crippen LogP contribution in [0.15, 0.2) is 53.8 Å². The first-order valence-electron chi connectivity index (χ1n) is 6.32. The van der Waals surface area contributed by atoms with Crippen molar-refractivity contribution in [2.24, 2.45) is 0 Å². The van der Waals surface area contributed by atoms with Crippen molar-refractivity contribution in [3.63, 3.8) is 0 Å². The number of carboxylic acid groups (broad SMARTS) is 1. The first-order valence-corrected chi connectivity index (χ1v) is 7.54. The molecule has 0 amide bonds. The van der Waals surface area contributed by atoms with E-state index in [9.17, 15) is 9.90 Å². The van der Waals surface area contributed by atoms with Crippen LogP contribution in [0, 0.1) is 0 Å². The van der Waals surface area contributed by atoms with Crippen LogP contribution in [0.2, 0.25) is 0 Å². The van der Waals surface area contributed by atoms with Crippen molar-refractivity contribution in [3.05, 3.63) is 54.5 Å². The minimum atomic E-state index is -1.02. The normalized spacial score (nSPS) is 10.7. The highest BCUT2D eigenvalue weighted by Crippen LogP contribution is 2.37. The van der Waals surface area contributed by atoms with Crippen molar-refractivity contribution in [2.45, 2.75) is 4.90 Å². The molecule has 4 nitrogen and oxygen atoms in total. The van der Waals surface area contributed by atoms with E-state index in [0.29, 0.717) is 5.69 Å². The Morgan fingerprint density at radius 2 is 2.00 bits per heavy atom. The second kappa shape index (κ2) is 5.54. The smallest absolute Gasteiger partial charge is 0.339 e. The third kappa shape index (κ3) is 2.36. The van der Waals surface area contributed by atoms with Crippen LogP contribution in [0.25, 0.3) is 22.0 Å². The molecule has 0 spiro atoms. The summed E-state index contributed by atoms with van der Waals surface area (Å²) in [5.41, 5.74) is 1.42. The molecule has 5 heteroatoms. The van der Waals surface area contributed by atoms with Gasteiger partial charge in [-0.1, -0.05) is 30.3 Å². The van der Waals surface area contributed by atoms with Crippen LogP contribution in [-0.4, -0.2) is 27.3 Å². The van der Waals surface area contributed by atoms with E-state index in [0.717, 1.165) is 21.2 Å². The lowest BCUT2D eigenvalue weighted by molar-refractivity contribution is 0.0697. The van der Waals surface area contributed by atoms with Gasteiger partial charge in [0.2, 0.25) is 0 Å². The molecule has 0 aliphatic rings. The van der Waals surface area contributed by atoms with Crippen molar-refractivity contribution in [1.82, 2.24) is 9.97 Å². The van der Waals surface area contributed by atoms with E-state index in [1.54, 1.807) is 11.8 Å². The molecule has 3 rings (SSSR count). The van der Waals surface area contributed by atoms with Gasteiger partial charge in [0, 0.05) is 16.7 Å². The largest absolute Gasteiger partial charge is 0.478 e. The van der Waals surface area contributed by atoms with Crippen molar-refractivity contribution in [1.29, 1.82) is 0 Å². The zero-order valence-corrected chi connectivity index (χ0v) is 12.1. The summed E-state index contributed by atoms with van der Waals surface area (Å²) in [5.74, 6) is -1.02. The first kappa shape index (κ1) is 13.6. The Balaban J connectivity index is 2.41. The summed E-state index contributed by atoms with van der Waals surface area (Å²) in [5, 5.41) is 11.4. The average Bonchev–Trinajstić information content (AvgIpc) is 2.53. The number of benzene rings is 2. The number of aromatic carboxylic acids is 1. The van der Waals surface area contributed by atoms with Crippen LogP contribution < -0.4 is 0 Å². The number of aromatic nitrogens is 2. The summed E-state index contributed by atoms with van der Waals surface area (Å²) < 4.78 is 0. The standard InChI is InChI=1S/C16H12N2O2S/c1-21-13-7-6-10-4-2-3-5-11(10)14(13)15-12(16(19)20)8-17-9-18-15/h2-9H,1H3,(H,19,20). The van der Waals surface area contributed by atoms with Gasteiger partial charge in [-0.3, -0.25) is 0 Å². The van der Waals surface area contributed by atoms with Crippen LogP contribution in [0.3, 0.4) is 0 Å². The van der Waals surface area contributed by atoms with Crippen molar-refractivity contribution >= 4 is 28.5 Å². The molecule has 0 aliphatic carbocycles. The van der Waals surface area contributed by atoms with E-state index in [4.69, 9.17) is 0 Å². The monoisotopic (exact) mass is 296 g/mol. The molecule has 0 saturated heterocycles. The zero-order valence-electron chi connectivity index (χ0n) is 11.3. The molecule has 0 bridgehead atoms. The Morgan fingerprint density at radius 1 is 1.19 bits per heavy atom. The van der Waals surface area contributed by atoms with Gasteiger partial charge in [-0.25, -0.2) is 14.8 Å². The van der Waals surface area contributed by atoms with E-state index in [1.165, 1.54) is 12.5 Å². The Labute approximate surface area is 125 Å². The number of rotatable bonds is 3. The van der Waals surface area contributed by atoms with E-state index in [-0.39, 0.29) is 5.56 Å². The molecule has 0 saturated carbocycles. The number of carbonyl (C=O) groups is 1. The predicted octanol–water partition coefficient (Wildman–Crippen LogP) is 3.72. The van der Waals surface area contributed by atoms with E-state index in [2.05, 4.69) is 9.97 Å². The lowest BCUT2D eigenvalue weighted by atomic mass is 9.99. The Kier molecular flexibility index (Phi) is 3.58. The first-order chi connectivity index (χ1) is 10.2. The fraction of sp³-hybridized carbons (Fsp3) is 0.0625. The van der Waals surface area contributed by atoms with Crippen LogP contribution in [0.4, 0.5) is 0 Å². The number of fused-ring (bicyclic) bond motifs is 1. The highest BCUT2D eigenvalue weighted by molar-refractivity contribution is 7.98. The number of hydrogen-bond acceptors (Lipinski definition) is 4. The average molecular weight is 296 g/mol.